The van der Waals surface area contributed by atoms with Gasteiger partial charge in [0.2, 0.25) is 0 Å². The molecule has 0 saturated carbocycles. The van der Waals surface area contributed by atoms with Crippen molar-refractivity contribution in [2.45, 2.75) is 6.42 Å². The summed E-state index contributed by atoms with van der Waals surface area (Å²) in [6.07, 6.45) is -0.173. The zero-order valence-electron chi connectivity index (χ0n) is 12.6. The van der Waals surface area contributed by atoms with Gasteiger partial charge in [0.05, 0.1) is 22.2 Å². The smallest absolute Gasteiger partial charge is 0.308 e. The molecule has 0 aliphatic heterocycles. The minimum Gasteiger partial charge on any atom is -0.481 e. The number of carboxylic acids is 1. The number of hydrogen-bond acceptors (Lipinski definition) is 4. The number of halogens is 3. The van der Waals surface area contributed by atoms with Crippen LogP contribution in [-0.4, -0.2) is 16.1 Å². The summed E-state index contributed by atoms with van der Waals surface area (Å²) in [7, 11) is 0. The lowest BCUT2D eigenvalue weighted by atomic mass is 10.1. The van der Waals surface area contributed by atoms with E-state index >= 15 is 0 Å². The fourth-order valence-electron chi connectivity index (χ4n) is 2.19. The highest BCUT2D eigenvalue weighted by Gasteiger charge is 2.16. The van der Waals surface area contributed by atoms with E-state index in [-0.39, 0.29) is 12.2 Å². The molecule has 128 valence electrons. The number of carbonyl (C=O) groups is 1. The second kappa shape index (κ2) is 7.39. The first-order chi connectivity index (χ1) is 11.9. The Bertz CT molecular complexity index is 929. The summed E-state index contributed by atoms with van der Waals surface area (Å²) in [5.74, 6) is -1.33. The van der Waals surface area contributed by atoms with Gasteiger partial charge in [0, 0.05) is 16.1 Å². The lowest BCUT2D eigenvalue weighted by Crippen LogP contribution is -1.99. The predicted molar refractivity (Wildman–Crippen MR) is 98.6 cm³/mol. The maximum atomic E-state index is 13.1. The molecule has 25 heavy (non-hydrogen) atoms. The van der Waals surface area contributed by atoms with Gasteiger partial charge in [-0.25, -0.2) is 9.37 Å². The molecule has 2 aromatic carbocycles. The minimum atomic E-state index is -0.965. The Kier molecular flexibility index (Phi) is 5.22. The third-order valence-electron chi connectivity index (χ3n) is 3.30. The van der Waals surface area contributed by atoms with E-state index in [9.17, 15) is 9.18 Å². The summed E-state index contributed by atoms with van der Waals surface area (Å²) in [5, 5.41) is 13.5. The Morgan fingerprint density at radius 3 is 2.52 bits per heavy atom. The van der Waals surface area contributed by atoms with E-state index in [1.54, 1.807) is 30.3 Å². The first kappa shape index (κ1) is 17.7. The summed E-state index contributed by atoms with van der Waals surface area (Å²) >= 11 is 13.1. The highest BCUT2D eigenvalue weighted by molar-refractivity contribution is 7.16. The fraction of sp³-hybridized carbons (Fsp3) is 0.0588. The maximum absolute atomic E-state index is 13.1. The van der Waals surface area contributed by atoms with Crippen molar-refractivity contribution < 1.29 is 14.3 Å². The van der Waals surface area contributed by atoms with Gasteiger partial charge < -0.3 is 10.4 Å². The zero-order chi connectivity index (χ0) is 18.0. The first-order valence-corrected chi connectivity index (χ1v) is 8.69. The number of nitrogens with zero attached hydrogens (tertiary/aromatic N) is 1. The van der Waals surface area contributed by atoms with Crippen molar-refractivity contribution in [2.24, 2.45) is 0 Å². The van der Waals surface area contributed by atoms with Crippen LogP contribution >= 0.6 is 34.5 Å². The highest BCUT2D eigenvalue weighted by atomic mass is 35.5. The Morgan fingerprint density at radius 2 is 1.88 bits per heavy atom. The third-order valence-corrected chi connectivity index (χ3v) is 5.01. The second-order valence-electron chi connectivity index (χ2n) is 5.12. The number of anilines is 2. The number of hydrogen-bond donors (Lipinski definition) is 2. The number of aliphatic carboxylic acids is 1. The van der Waals surface area contributed by atoms with Gasteiger partial charge in [-0.15, -0.1) is 11.3 Å². The predicted octanol–water partition coefficient (Wildman–Crippen LogP) is 5.63. The van der Waals surface area contributed by atoms with Crippen LogP contribution in [0, 0.1) is 5.82 Å². The van der Waals surface area contributed by atoms with E-state index in [0.717, 1.165) is 0 Å². The number of carboxylic acid groups (broad SMARTS) is 1. The quantitative estimate of drug-likeness (QED) is 0.586. The molecule has 0 radical (unpaired) electrons. The number of aromatic nitrogens is 1. The number of rotatable bonds is 5. The molecule has 1 heterocycles. The summed E-state index contributed by atoms with van der Waals surface area (Å²) in [5.41, 5.74) is 1.83. The molecule has 3 aromatic rings. The SMILES string of the molecule is O=C(O)Cc1sc(Nc2ccc(Cl)c(Cl)c2)nc1-c1ccc(F)cc1. The van der Waals surface area contributed by atoms with Gasteiger partial charge in [-0.2, -0.15) is 0 Å². The van der Waals surface area contributed by atoms with Crippen molar-refractivity contribution in [3.63, 3.8) is 0 Å². The van der Waals surface area contributed by atoms with Gasteiger partial charge in [0.15, 0.2) is 5.13 Å². The molecule has 3 rings (SSSR count). The Morgan fingerprint density at radius 1 is 1.16 bits per heavy atom. The van der Waals surface area contributed by atoms with E-state index in [1.165, 1.54) is 23.5 Å². The molecule has 0 atom stereocenters. The topological polar surface area (TPSA) is 62.2 Å². The van der Waals surface area contributed by atoms with Gasteiger partial charge in [-0.1, -0.05) is 23.2 Å². The third kappa shape index (κ3) is 4.28. The number of nitrogens with one attached hydrogen (secondary N) is 1. The average molecular weight is 397 g/mol. The summed E-state index contributed by atoms with van der Waals surface area (Å²) in [6.45, 7) is 0. The molecule has 0 aliphatic rings. The molecule has 0 aliphatic carbocycles. The minimum absolute atomic E-state index is 0.173. The summed E-state index contributed by atoms with van der Waals surface area (Å²) < 4.78 is 13.1. The van der Waals surface area contributed by atoms with Crippen LogP contribution < -0.4 is 5.32 Å². The second-order valence-corrected chi connectivity index (χ2v) is 7.02. The maximum Gasteiger partial charge on any atom is 0.308 e. The molecular weight excluding hydrogens is 386 g/mol. The molecule has 8 heteroatoms. The van der Waals surface area contributed by atoms with Gasteiger partial charge in [-0.05, 0) is 42.5 Å². The number of thiazole rings is 1. The Balaban J connectivity index is 1.96. The molecule has 0 saturated heterocycles. The van der Waals surface area contributed by atoms with Crippen molar-refractivity contribution in [1.29, 1.82) is 0 Å². The van der Waals surface area contributed by atoms with Gasteiger partial charge in [0.25, 0.3) is 0 Å². The molecule has 0 fully saturated rings. The van der Waals surface area contributed by atoms with Crippen LogP contribution in [0.4, 0.5) is 15.2 Å². The van der Waals surface area contributed by atoms with Crippen molar-refractivity contribution in [3.05, 3.63) is 63.2 Å². The largest absolute Gasteiger partial charge is 0.481 e. The molecular formula is C17H11Cl2FN2O2S. The van der Waals surface area contributed by atoms with Crippen molar-refractivity contribution in [2.75, 3.05) is 5.32 Å². The fourth-order valence-corrected chi connectivity index (χ4v) is 3.49. The normalized spacial score (nSPS) is 10.7. The summed E-state index contributed by atoms with van der Waals surface area (Å²) in [4.78, 5) is 16.1. The van der Waals surface area contributed by atoms with Crippen molar-refractivity contribution >= 4 is 51.3 Å². The van der Waals surface area contributed by atoms with Gasteiger partial charge in [0.1, 0.15) is 5.82 Å². The Labute approximate surface area is 156 Å². The van der Waals surface area contributed by atoms with Crippen molar-refractivity contribution in [1.82, 2.24) is 4.98 Å². The molecule has 1 aromatic heterocycles. The van der Waals surface area contributed by atoms with E-state index in [4.69, 9.17) is 28.3 Å². The van der Waals surface area contributed by atoms with Crippen LogP contribution in [0.1, 0.15) is 4.88 Å². The van der Waals surface area contributed by atoms with E-state index in [2.05, 4.69) is 10.3 Å². The van der Waals surface area contributed by atoms with Crippen LogP contribution in [0.3, 0.4) is 0 Å². The van der Waals surface area contributed by atoms with E-state index < -0.39 is 5.97 Å². The Hall–Kier alpha value is -2.15. The average Bonchev–Trinajstić information content (AvgIpc) is 2.93. The standard InChI is InChI=1S/C17H11Cl2FN2O2S/c18-12-6-5-11(7-13(12)19)21-17-22-16(14(25-17)8-15(23)24)9-1-3-10(20)4-2-9/h1-7H,8H2,(H,21,22)(H,23,24). The monoisotopic (exact) mass is 396 g/mol. The molecule has 0 bridgehead atoms. The van der Waals surface area contributed by atoms with Gasteiger partial charge >= 0.3 is 5.97 Å². The van der Waals surface area contributed by atoms with Crippen LogP contribution in [-0.2, 0) is 11.2 Å². The van der Waals surface area contributed by atoms with Crippen LogP contribution in [0.5, 0.6) is 0 Å². The molecule has 2 N–H and O–H groups in total. The molecule has 0 spiro atoms. The van der Waals surface area contributed by atoms with Gasteiger partial charge in [-0.3, -0.25) is 4.79 Å². The van der Waals surface area contributed by atoms with E-state index in [0.29, 0.717) is 37.0 Å². The lowest BCUT2D eigenvalue weighted by Gasteiger charge is -2.03. The van der Waals surface area contributed by atoms with Crippen LogP contribution in [0.25, 0.3) is 11.3 Å². The molecule has 0 amide bonds. The first-order valence-electron chi connectivity index (χ1n) is 7.12. The zero-order valence-corrected chi connectivity index (χ0v) is 14.9. The van der Waals surface area contributed by atoms with Crippen LogP contribution in [0.2, 0.25) is 10.0 Å². The van der Waals surface area contributed by atoms with Crippen molar-refractivity contribution in [3.8, 4) is 11.3 Å². The summed E-state index contributed by atoms with van der Waals surface area (Å²) in [6, 6.07) is 10.8. The molecule has 0 unspecified atom stereocenters. The lowest BCUT2D eigenvalue weighted by molar-refractivity contribution is -0.136. The highest BCUT2D eigenvalue weighted by Crippen LogP contribution is 2.34. The number of benzene rings is 2. The van der Waals surface area contributed by atoms with Crippen LogP contribution in [0.15, 0.2) is 42.5 Å². The molecule has 4 nitrogen and oxygen atoms in total. The van der Waals surface area contributed by atoms with E-state index in [1.807, 2.05) is 0 Å².